The number of amides is 1. The van der Waals surface area contributed by atoms with Crippen LogP contribution in [-0.2, 0) is 9.84 Å². The predicted molar refractivity (Wildman–Crippen MR) is 84.1 cm³/mol. The average molecular weight is 323 g/mol. The Morgan fingerprint density at radius 2 is 2.09 bits per heavy atom. The summed E-state index contributed by atoms with van der Waals surface area (Å²) >= 11 is 0. The molecule has 120 valence electrons. The summed E-state index contributed by atoms with van der Waals surface area (Å²) in [5.74, 6) is 0.725. The van der Waals surface area contributed by atoms with Crippen molar-refractivity contribution in [2.45, 2.75) is 44.8 Å². The number of benzene rings is 1. The van der Waals surface area contributed by atoms with Crippen LogP contribution in [0, 0.1) is 0 Å². The van der Waals surface area contributed by atoms with E-state index in [2.05, 4.69) is 12.2 Å². The molecule has 5 nitrogen and oxygen atoms in total. The van der Waals surface area contributed by atoms with Crippen LogP contribution in [0.3, 0.4) is 0 Å². The Balaban J connectivity index is 1.86. The van der Waals surface area contributed by atoms with E-state index >= 15 is 0 Å². The van der Waals surface area contributed by atoms with Crippen molar-refractivity contribution >= 4 is 15.7 Å². The smallest absolute Gasteiger partial charge is 0.255 e. The lowest BCUT2D eigenvalue weighted by atomic mass is 9.96. The molecule has 1 amide bonds. The molecule has 0 aliphatic carbocycles. The Bertz CT molecular complexity index is 728. The molecular weight excluding hydrogens is 302 g/mol. The van der Waals surface area contributed by atoms with Gasteiger partial charge in [0.05, 0.1) is 22.6 Å². The normalized spacial score (nSPS) is 32.3. The summed E-state index contributed by atoms with van der Waals surface area (Å²) in [7, 11) is -3.06. The summed E-state index contributed by atoms with van der Waals surface area (Å²) in [6.07, 6.45) is 0.482. The van der Waals surface area contributed by atoms with Crippen LogP contribution >= 0.6 is 0 Å². The third-order valence-electron chi connectivity index (χ3n) is 4.71. The van der Waals surface area contributed by atoms with Crippen LogP contribution < -0.4 is 10.1 Å². The Morgan fingerprint density at radius 3 is 2.73 bits per heavy atom. The molecule has 1 fully saturated rings. The molecule has 0 bridgehead atoms. The van der Waals surface area contributed by atoms with Gasteiger partial charge in [-0.2, -0.15) is 0 Å². The van der Waals surface area contributed by atoms with Crippen molar-refractivity contribution in [1.29, 1.82) is 0 Å². The lowest BCUT2D eigenvalue weighted by Gasteiger charge is -2.24. The molecule has 22 heavy (non-hydrogen) atoms. The molecule has 3 rings (SSSR count). The van der Waals surface area contributed by atoms with Crippen molar-refractivity contribution in [3.63, 3.8) is 0 Å². The SMILES string of the molecule is CC1Oc2c(C(=O)NC3(C)CCS(=O)(=O)C3)cccc2C1C. The first-order valence-corrected chi connectivity index (χ1v) is 9.35. The molecule has 3 unspecified atom stereocenters. The van der Waals surface area contributed by atoms with Gasteiger partial charge in [0.15, 0.2) is 9.84 Å². The first kappa shape index (κ1) is 15.3. The fraction of sp³-hybridized carbons (Fsp3) is 0.562. The number of para-hydroxylation sites is 1. The van der Waals surface area contributed by atoms with Crippen LogP contribution in [0.15, 0.2) is 18.2 Å². The summed E-state index contributed by atoms with van der Waals surface area (Å²) in [6, 6.07) is 5.55. The van der Waals surface area contributed by atoms with Crippen LogP contribution in [0.2, 0.25) is 0 Å². The molecule has 1 saturated heterocycles. The van der Waals surface area contributed by atoms with E-state index in [1.54, 1.807) is 13.0 Å². The van der Waals surface area contributed by atoms with E-state index in [1.165, 1.54) is 0 Å². The molecule has 0 spiro atoms. The topological polar surface area (TPSA) is 72.5 Å². The van der Waals surface area contributed by atoms with Gasteiger partial charge in [-0.15, -0.1) is 0 Å². The van der Waals surface area contributed by atoms with Crippen molar-refractivity contribution in [2.75, 3.05) is 11.5 Å². The van der Waals surface area contributed by atoms with Gasteiger partial charge in [0, 0.05) is 11.5 Å². The minimum absolute atomic E-state index is 0.00553. The molecule has 1 aromatic carbocycles. The number of fused-ring (bicyclic) bond motifs is 1. The van der Waals surface area contributed by atoms with E-state index in [0.29, 0.717) is 17.7 Å². The van der Waals surface area contributed by atoms with Crippen molar-refractivity contribution < 1.29 is 17.9 Å². The standard InChI is InChI=1S/C16H21NO4S/c1-10-11(2)21-14-12(10)5-4-6-13(14)15(18)17-16(3)7-8-22(19,20)9-16/h4-6,10-11H,7-9H2,1-3H3,(H,17,18). The number of hydrogen-bond donors (Lipinski definition) is 1. The van der Waals surface area contributed by atoms with Crippen LogP contribution in [0.5, 0.6) is 5.75 Å². The first-order chi connectivity index (χ1) is 10.2. The molecular formula is C16H21NO4S. The third kappa shape index (κ3) is 2.60. The maximum Gasteiger partial charge on any atom is 0.255 e. The maximum absolute atomic E-state index is 12.6. The molecule has 2 heterocycles. The van der Waals surface area contributed by atoms with E-state index in [1.807, 2.05) is 19.1 Å². The minimum Gasteiger partial charge on any atom is -0.489 e. The Morgan fingerprint density at radius 1 is 1.36 bits per heavy atom. The van der Waals surface area contributed by atoms with Crippen molar-refractivity contribution in [1.82, 2.24) is 5.32 Å². The Kier molecular flexibility index (Phi) is 3.47. The van der Waals surface area contributed by atoms with Gasteiger partial charge in [0.25, 0.3) is 5.91 Å². The average Bonchev–Trinajstić information content (AvgIpc) is 2.86. The number of ether oxygens (including phenoxy) is 1. The van der Waals surface area contributed by atoms with Gasteiger partial charge in [-0.05, 0) is 26.3 Å². The largest absolute Gasteiger partial charge is 0.489 e. The van der Waals surface area contributed by atoms with E-state index in [9.17, 15) is 13.2 Å². The summed E-state index contributed by atoms with van der Waals surface area (Å²) < 4.78 is 29.2. The zero-order chi connectivity index (χ0) is 16.1. The molecule has 0 radical (unpaired) electrons. The van der Waals surface area contributed by atoms with E-state index in [4.69, 9.17) is 4.74 Å². The highest BCUT2D eigenvalue weighted by Gasteiger charge is 2.40. The summed E-state index contributed by atoms with van der Waals surface area (Å²) in [6.45, 7) is 5.84. The highest BCUT2D eigenvalue weighted by molar-refractivity contribution is 7.91. The number of carbonyl (C=O) groups is 1. The van der Waals surface area contributed by atoms with Crippen molar-refractivity contribution in [2.24, 2.45) is 0 Å². The third-order valence-corrected chi connectivity index (χ3v) is 6.61. The van der Waals surface area contributed by atoms with Gasteiger partial charge in [-0.25, -0.2) is 8.42 Å². The van der Waals surface area contributed by atoms with Crippen molar-refractivity contribution in [3.05, 3.63) is 29.3 Å². The van der Waals surface area contributed by atoms with E-state index < -0.39 is 15.4 Å². The number of rotatable bonds is 2. The second-order valence-corrected chi connectivity index (χ2v) is 8.88. The van der Waals surface area contributed by atoms with Crippen molar-refractivity contribution in [3.8, 4) is 5.75 Å². The van der Waals surface area contributed by atoms with Gasteiger partial charge in [0.2, 0.25) is 0 Å². The molecule has 3 atom stereocenters. The first-order valence-electron chi connectivity index (χ1n) is 7.53. The molecule has 2 aliphatic rings. The fourth-order valence-corrected chi connectivity index (χ4v) is 5.31. The molecule has 2 aliphatic heterocycles. The summed E-state index contributed by atoms with van der Waals surface area (Å²) in [5.41, 5.74) is 0.817. The lowest BCUT2D eigenvalue weighted by molar-refractivity contribution is 0.0910. The Labute approximate surface area is 131 Å². The van der Waals surface area contributed by atoms with Gasteiger partial charge in [0.1, 0.15) is 11.9 Å². The van der Waals surface area contributed by atoms with Gasteiger partial charge in [-0.3, -0.25) is 4.79 Å². The highest BCUT2D eigenvalue weighted by Crippen LogP contribution is 2.40. The van der Waals surface area contributed by atoms with Crippen LogP contribution in [0.4, 0.5) is 0 Å². The van der Waals surface area contributed by atoms with Crippen LogP contribution in [0.1, 0.15) is 49.0 Å². The molecule has 6 heteroatoms. The number of carbonyl (C=O) groups excluding carboxylic acids is 1. The van der Waals surface area contributed by atoms with E-state index in [-0.39, 0.29) is 29.4 Å². The Hall–Kier alpha value is -1.56. The zero-order valence-electron chi connectivity index (χ0n) is 13.0. The van der Waals surface area contributed by atoms with Crippen LogP contribution in [-0.4, -0.2) is 37.5 Å². The number of sulfone groups is 1. The number of hydrogen-bond acceptors (Lipinski definition) is 4. The lowest BCUT2D eigenvalue weighted by Crippen LogP contribution is -2.47. The monoisotopic (exact) mass is 323 g/mol. The summed E-state index contributed by atoms with van der Waals surface area (Å²) in [4.78, 5) is 12.6. The zero-order valence-corrected chi connectivity index (χ0v) is 13.9. The molecule has 0 aromatic heterocycles. The minimum atomic E-state index is -3.06. The number of nitrogens with one attached hydrogen (secondary N) is 1. The molecule has 1 aromatic rings. The van der Waals surface area contributed by atoms with E-state index in [0.717, 1.165) is 5.56 Å². The maximum atomic E-state index is 12.6. The fourth-order valence-electron chi connectivity index (χ4n) is 3.22. The predicted octanol–water partition coefficient (Wildman–Crippen LogP) is 1.88. The molecule has 0 saturated carbocycles. The quantitative estimate of drug-likeness (QED) is 0.902. The second-order valence-electron chi connectivity index (χ2n) is 6.69. The van der Waals surface area contributed by atoms with Crippen LogP contribution in [0.25, 0.3) is 0 Å². The molecule has 1 N–H and O–H groups in total. The van der Waals surface area contributed by atoms with Gasteiger partial charge < -0.3 is 10.1 Å². The van der Waals surface area contributed by atoms with Gasteiger partial charge >= 0.3 is 0 Å². The summed E-state index contributed by atoms with van der Waals surface area (Å²) in [5, 5.41) is 2.89. The highest BCUT2D eigenvalue weighted by atomic mass is 32.2. The second kappa shape index (κ2) is 4.98. The van der Waals surface area contributed by atoms with Gasteiger partial charge in [-0.1, -0.05) is 19.1 Å².